The maximum absolute atomic E-state index is 12.5. The number of hydrogen-bond donors (Lipinski definition) is 1. The largest absolute Gasteiger partial charge is 0.497 e. The van der Waals surface area contributed by atoms with E-state index in [4.69, 9.17) is 14.0 Å². The molecule has 0 saturated carbocycles. The van der Waals surface area contributed by atoms with Crippen molar-refractivity contribution in [1.29, 1.82) is 0 Å². The minimum atomic E-state index is -0.0297. The molecule has 8 nitrogen and oxygen atoms in total. The van der Waals surface area contributed by atoms with Gasteiger partial charge in [-0.2, -0.15) is 0 Å². The Morgan fingerprint density at radius 3 is 2.69 bits per heavy atom. The molecule has 2 aromatic carbocycles. The third-order valence-corrected chi connectivity index (χ3v) is 6.17. The molecule has 4 aromatic rings. The topological polar surface area (TPSA) is 85.5 Å². The third-order valence-electron chi connectivity index (χ3n) is 6.17. The van der Waals surface area contributed by atoms with Crippen LogP contribution in [0, 0.1) is 0 Å². The molecule has 1 aliphatic heterocycles. The van der Waals surface area contributed by atoms with Crippen molar-refractivity contribution in [3.63, 3.8) is 0 Å². The van der Waals surface area contributed by atoms with E-state index in [0.29, 0.717) is 12.3 Å². The van der Waals surface area contributed by atoms with E-state index < -0.39 is 0 Å². The Morgan fingerprint density at radius 1 is 1.09 bits per heavy atom. The molecular formula is C24H26N4O4. The van der Waals surface area contributed by atoms with Gasteiger partial charge in [-0.15, -0.1) is 0 Å². The summed E-state index contributed by atoms with van der Waals surface area (Å²) in [6.07, 6.45) is 1.82. The summed E-state index contributed by atoms with van der Waals surface area (Å²) in [5.74, 6) is 2.22. The van der Waals surface area contributed by atoms with Gasteiger partial charge < -0.3 is 19.0 Å². The molecule has 0 aliphatic carbocycles. The number of piperidine rings is 1. The lowest BCUT2D eigenvalue weighted by molar-refractivity contribution is 0.164. The summed E-state index contributed by atoms with van der Waals surface area (Å²) in [4.78, 5) is 17.8. The number of para-hydroxylation sites is 2. The summed E-state index contributed by atoms with van der Waals surface area (Å²) < 4.78 is 18.3. The number of fused-ring (bicyclic) bond motifs is 1. The van der Waals surface area contributed by atoms with Gasteiger partial charge >= 0.3 is 5.69 Å². The molecule has 0 spiro atoms. The third kappa shape index (κ3) is 3.78. The van der Waals surface area contributed by atoms with Gasteiger partial charge in [0.25, 0.3) is 0 Å². The lowest BCUT2D eigenvalue weighted by atomic mass is 10.0. The molecule has 0 unspecified atom stereocenters. The molecule has 0 bridgehead atoms. The second-order valence-electron chi connectivity index (χ2n) is 8.07. The van der Waals surface area contributed by atoms with Crippen LogP contribution in [0.1, 0.15) is 24.6 Å². The van der Waals surface area contributed by atoms with E-state index >= 15 is 0 Å². The van der Waals surface area contributed by atoms with Crippen LogP contribution >= 0.6 is 0 Å². The van der Waals surface area contributed by atoms with Crippen molar-refractivity contribution in [2.45, 2.75) is 25.4 Å². The van der Waals surface area contributed by atoms with Crippen LogP contribution in [0.25, 0.3) is 22.3 Å². The number of ether oxygens (including phenoxy) is 2. The highest BCUT2D eigenvalue weighted by atomic mass is 16.5. The van der Waals surface area contributed by atoms with E-state index in [-0.39, 0.29) is 11.7 Å². The predicted molar refractivity (Wildman–Crippen MR) is 121 cm³/mol. The Labute approximate surface area is 185 Å². The van der Waals surface area contributed by atoms with Crippen LogP contribution in [0.2, 0.25) is 0 Å². The second kappa shape index (κ2) is 8.55. The van der Waals surface area contributed by atoms with Crippen molar-refractivity contribution >= 4 is 11.0 Å². The summed E-state index contributed by atoms with van der Waals surface area (Å²) in [5.41, 5.74) is 3.44. The Hall–Kier alpha value is -3.52. The zero-order chi connectivity index (χ0) is 22.1. The molecule has 0 radical (unpaired) electrons. The summed E-state index contributed by atoms with van der Waals surface area (Å²) in [6.45, 7) is 2.46. The van der Waals surface area contributed by atoms with Crippen LogP contribution in [0.5, 0.6) is 11.5 Å². The minimum Gasteiger partial charge on any atom is -0.497 e. The van der Waals surface area contributed by atoms with Gasteiger partial charge in [-0.1, -0.05) is 17.3 Å². The predicted octanol–water partition coefficient (Wildman–Crippen LogP) is 3.84. The van der Waals surface area contributed by atoms with E-state index in [1.807, 2.05) is 53.1 Å². The number of nitrogens with zero attached hydrogens (tertiary/aromatic N) is 3. The van der Waals surface area contributed by atoms with Gasteiger partial charge in [0.1, 0.15) is 17.2 Å². The van der Waals surface area contributed by atoms with Gasteiger partial charge in [-0.05, 0) is 37.1 Å². The zero-order valence-corrected chi connectivity index (χ0v) is 18.2. The van der Waals surface area contributed by atoms with Crippen LogP contribution in [-0.2, 0) is 6.54 Å². The van der Waals surface area contributed by atoms with Crippen LogP contribution in [0.3, 0.4) is 0 Å². The molecule has 0 atom stereocenters. The van der Waals surface area contributed by atoms with Gasteiger partial charge in [0.05, 0.1) is 31.8 Å². The van der Waals surface area contributed by atoms with Crippen molar-refractivity contribution in [2.75, 3.05) is 27.3 Å². The molecule has 3 heterocycles. The lowest BCUT2D eigenvalue weighted by Gasteiger charge is -2.31. The first-order valence-electron chi connectivity index (χ1n) is 10.8. The molecule has 8 heteroatoms. The number of benzene rings is 2. The Balaban J connectivity index is 1.26. The molecule has 1 N–H and O–H groups in total. The number of hydrogen-bond acceptors (Lipinski definition) is 6. The fourth-order valence-corrected chi connectivity index (χ4v) is 4.52. The van der Waals surface area contributed by atoms with E-state index in [2.05, 4.69) is 15.0 Å². The number of aromatic amines is 1. The fourth-order valence-electron chi connectivity index (χ4n) is 4.52. The van der Waals surface area contributed by atoms with Crippen LogP contribution in [0.15, 0.2) is 57.8 Å². The summed E-state index contributed by atoms with van der Waals surface area (Å²) >= 11 is 0. The lowest BCUT2D eigenvalue weighted by Crippen LogP contribution is -2.36. The summed E-state index contributed by atoms with van der Waals surface area (Å²) in [6, 6.07) is 15.7. The Morgan fingerprint density at radius 2 is 1.91 bits per heavy atom. The number of imidazole rings is 1. The van der Waals surface area contributed by atoms with Crippen molar-refractivity contribution < 1.29 is 14.0 Å². The molecule has 5 rings (SSSR count). The van der Waals surface area contributed by atoms with Crippen molar-refractivity contribution in [2.24, 2.45) is 0 Å². The normalized spacial score (nSPS) is 15.3. The van der Waals surface area contributed by atoms with Crippen LogP contribution in [0.4, 0.5) is 0 Å². The van der Waals surface area contributed by atoms with E-state index in [1.54, 1.807) is 14.2 Å². The second-order valence-corrected chi connectivity index (χ2v) is 8.07. The van der Waals surface area contributed by atoms with Gasteiger partial charge in [-0.3, -0.25) is 9.47 Å². The highest BCUT2D eigenvalue weighted by Gasteiger charge is 2.24. The first kappa shape index (κ1) is 20.4. The average molecular weight is 434 g/mol. The van der Waals surface area contributed by atoms with Crippen LogP contribution < -0.4 is 15.2 Å². The molecule has 2 aromatic heterocycles. The summed E-state index contributed by atoms with van der Waals surface area (Å²) in [7, 11) is 3.25. The number of H-pyrrole nitrogens is 1. The van der Waals surface area contributed by atoms with Gasteiger partial charge in [-0.25, -0.2) is 4.79 Å². The monoisotopic (exact) mass is 434 g/mol. The molecular weight excluding hydrogens is 408 g/mol. The van der Waals surface area contributed by atoms with Crippen molar-refractivity contribution in [1.82, 2.24) is 19.6 Å². The smallest absolute Gasteiger partial charge is 0.326 e. The SMILES string of the molecule is COc1ccc(-c2cc(CN3CCC(n4c(=O)[nH]c5ccccc54)CC3)on2)c(OC)c1. The highest BCUT2D eigenvalue weighted by Crippen LogP contribution is 2.33. The van der Waals surface area contributed by atoms with E-state index in [0.717, 1.165) is 59.7 Å². The fraction of sp³-hybridized carbons (Fsp3) is 0.333. The Bertz CT molecular complexity index is 1280. The van der Waals surface area contributed by atoms with Gasteiger partial charge in [0, 0.05) is 36.8 Å². The van der Waals surface area contributed by atoms with E-state index in [9.17, 15) is 4.79 Å². The zero-order valence-electron chi connectivity index (χ0n) is 18.2. The number of aromatic nitrogens is 3. The van der Waals surface area contributed by atoms with Gasteiger partial charge in [0.15, 0.2) is 5.76 Å². The van der Waals surface area contributed by atoms with Crippen LogP contribution in [-0.4, -0.2) is 46.9 Å². The Kier molecular flexibility index (Phi) is 5.45. The highest BCUT2D eigenvalue weighted by molar-refractivity contribution is 5.75. The number of nitrogens with one attached hydrogen (secondary N) is 1. The molecule has 32 heavy (non-hydrogen) atoms. The quantitative estimate of drug-likeness (QED) is 0.496. The molecule has 166 valence electrons. The maximum atomic E-state index is 12.5. The number of likely N-dealkylation sites (tertiary alicyclic amines) is 1. The maximum Gasteiger partial charge on any atom is 0.326 e. The average Bonchev–Trinajstić information content (AvgIpc) is 3.42. The standard InChI is InChI=1S/C24H26N4O4/c1-30-17-7-8-19(23(14-17)31-2)21-13-18(32-26-21)15-27-11-9-16(10-12-27)28-22-6-4-3-5-20(22)25-24(28)29/h3-8,13-14,16H,9-12,15H2,1-2H3,(H,25,29). The molecule has 1 saturated heterocycles. The van der Waals surface area contributed by atoms with E-state index in [1.165, 1.54) is 0 Å². The van der Waals surface area contributed by atoms with Crippen molar-refractivity contribution in [3.05, 3.63) is 64.8 Å². The first-order valence-corrected chi connectivity index (χ1v) is 10.8. The number of methoxy groups -OCH3 is 2. The molecule has 1 fully saturated rings. The first-order chi connectivity index (χ1) is 15.7. The number of rotatable bonds is 6. The van der Waals surface area contributed by atoms with Gasteiger partial charge in [0.2, 0.25) is 0 Å². The summed E-state index contributed by atoms with van der Waals surface area (Å²) in [5, 5.41) is 4.25. The molecule has 1 aliphatic rings. The van der Waals surface area contributed by atoms with Crippen molar-refractivity contribution in [3.8, 4) is 22.8 Å². The minimum absolute atomic E-state index is 0.0297. The molecule has 0 amide bonds.